The summed E-state index contributed by atoms with van der Waals surface area (Å²) in [5.41, 5.74) is 0. The SMILES string of the molecule is CCCC/C=C\C/C=C\CCCCCCCC(=O)OCC(COC(=O)CCCCCCCCCCCCCCC/C=C\C/C=C\CCCCCCC)OC(=O)CCCCCCCCCCC/C=C\CCCCCCCCCC. The molecule has 0 saturated carbocycles. The zero-order valence-corrected chi connectivity index (χ0v) is 52.2. The second-order valence-corrected chi connectivity index (χ2v) is 23.1. The average Bonchev–Trinajstić information content (AvgIpc) is 3.44. The van der Waals surface area contributed by atoms with E-state index in [-0.39, 0.29) is 31.1 Å². The van der Waals surface area contributed by atoms with Crippen LogP contribution < -0.4 is 0 Å². The molecule has 0 N–H and O–H groups in total. The number of rotatable bonds is 63. The molecule has 1 unspecified atom stereocenters. The lowest BCUT2D eigenvalue weighted by atomic mass is 10.0. The van der Waals surface area contributed by atoms with Crippen LogP contribution in [0.5, 0.6) is 0 Å². The highest BCUT2D eigenvalue weighted by Gasteiger charge is 2.19. The van der Waals surface area contributed by atoms with Gasteiger partial charge >= 0.3 is 17.9 Å². The third kappa shape index (κ3) is 63.9. The van der Waals surface area contributed by atoms with E-state index in [1.54, 1.807) is 0 Å². The Morgan fingerprint density at radius 2 is 0.474 bits per heavy atom. The van der Waals surface area contributed by atoms with E-state index in [0.717, 1.165) is 83.5 Å². The first kappa shape index (κ1) is 75.1. The van der Waals surface area contributed by atoms with Crippen LogP contribution in [0.1, 0.15) is 361 Å². The van der Waals surface area contributed by atoms with Crippen molar-refractivity contribution in [3.63, 3.8) is 0 Å². The number of allylic oxidation sites excluding steroid dienone is 10. The molecule has 0 amide bonds. The molecular weight excluding hydrogens is 961 g/mol. The zero-order valence-electron chi connectivity index (χ0n) is 52.2. The maximum atomic E-state index is 12.9. The fourth-order valence-electron chi connectivity index (χ4n) is 10.0. The van der Waals surface area contributed by atoms with Crippen LogP contribution in [0, 0.1) is 0 Å². The second-order valence-electron chi connectivity index (χ2n) is 23.1. The van der Waals surface area contributed by atoms with Crippen molar-refractivity contribution < 1.29 is 28.6 Å². The minimum atomic E-state index is -0.782. The van der Waals surface area contributed by atoms with Crippen LogP contribution in [0.2, 0.25) is 0 Å². The van der Waals surface area contributed by atoms with Crippen molar-refractivity contribution in [2.75, 3.05) is 13.2 Å². The highest BCUT2D eigenvalue weighted by atomic mass is 16.6. The monoisotopic (exact) mass is 1090 g/mol. The second kappa shape index (κ2) is 66.6. The summed E-state index contributed by atoms with van der Waals surface area (Å²) < 4.78 is 17.0. The van der Waals surface area contributed by atoms with E-state index in [2.05, 4.69) is 81.5 Å². The normalized spacial score (nSPS) is 12.4. The van der Waals surface area contributed by atoms with Gasteiger partial charge in [0.05, 0.1) is 0 Å². The van der Waals surface area contributed by atoms with Crippen molar-refractivity contribution in [2.45, 2.75) is 367 Å². The van der Waals surface area contributed by atoms with E-state index >= 15 is 0 Å². The van der Waals surface area contributed by atoms with Gasteiger partial charge in [0.2, 0.25) is 0 Å². The van der Waals surface area contributed by atoms with Crippen LogP contribution in [0.15, 0.2) is 60.8 Å². The summed E-state index contributed by atoms with van der Waals surface area (Å²) in [4.78, 5) is 38.4. The summed E-state index contributed by atoms with van der Waals surface area (Å²) in [5.74, 6) is -0.875. The molecule has 0 aromatic rings. The molecule has 6 heteroatoms. The molecule has 0 aromatic carbocycles. The van der Waals surface area contributed by atoms with Gasteiger partial charge in [0.1, 0.15) is 13.2 Å². The molecule has 78 heavy (non-hydrogen) atoms. The molecule has 0 aliphatic heterocycles. The molecule has 6 nitrogen and oxygen atoms in total. The van der Waals surface area contributed by atoms with Gasteiger partial charge in [-0.15, -0.1) is 0 Å². The van der Waals surface area contributed by atoms with Gasteiger partial charge < -0.3 is 14.2 Å². The topological polar surface area (TPSA) is 78.9 Å². The van der Waals surface area contributed by atoms with Gasteiger partial charge in [-0.05, 0) is 103 Å². The van der Waals surface area contributed by atoms with Gasteiger partial charge in [0.15, 0.2) is 6.10 Å². The summed E-state index contributed by atoms with van der Waals surface area (Å²) >= 11 is 0. The third-order valence-corrected chi connectivity index (χ3v) is 15.2. The molecule has 0 fully saturated rings. The van der Waals surface area contributed by atoms with Crippen molar-refractivity contribution in [2.24, 2.45) is 0 Å². The Kier molecular flexibility index (Phi) is 64.2. The average molecular weight is 1090 g/mol. The molecule has 0 aromatic heterocycles. The molecule has 0 heterocycles. The number of esters is 3. The standard InChI is InChI=1S/C72H130O6/c1-4-7-10-13-16-19-22-25-28-30-32-34-35-36-37-39-40-42-44-47-50-53-56-59-62-65-71(74)77-68-69(67-76-70(73)64-61-58-55-52-49-46-27-24-21-18-15-12-9-6-3)78-72(75)66-63-60-57-54-51-48-45-43-41-38-33-31-29-26-23-20-17-14-11-8-5-2/h15,18,22,24-25,27,30-33,69H,4-14,16-17,19-21,23,26,28-29,34-68H2,1-3H3/b18-15-,25-22-,27-24-,32-30-,33-31-. The third-order valence-electron chi connectivity index (χ3n) is 15.2. The molecule has 0 aliphatic rings. The molecular formula is C72H130O6. The number of hydrogen-bond donors (Lipinski definition) is 0. The van der Waals surface area contributed by atoms with Crippen molar-refractivity contribution in [3.05, 3.63) is 60.8 Å². The summed E-state index contributed by atoms with van der Waals surface area (Å²) in [5, 5.41) is 0. The molecule has 0 aliphatic carbocycles. The molecule has 0 bridgehead atoms. The summed E-state index contributed by atoms with van der Waals surface area (Å²) in [6.07, 6.45) is 85.2. The van der Waals surface area contributed by atoms with E-state index in [4.69, 9.17) is 14.2 Å². The van der Waals surface area contributed by atoms with Crippen molar-refractivity contribution in [1.29, 1.82) is 0 Å². The van der Waals surface area contributed by atoms with E-state index in [9.17, 15) is 14.4 Å². The minimum Gasteiger partial charge on any atom is -0.462 e. The summed E-state index contributed by atoms with van der Waals surface area (Å²) in [6.45, 7) is 6.63. The van der Waals surface area contributed by atoms with Gasteiger partial charge in [-0.2, -0.15) is 0 Å². The Labute approximate surface area is 485 Å². The molecule has 0 saturated heterocycles. The van der Waals surface area contributed by atoms with Crippen LogP contribution in [0.4, 0.5) is 0 Å². The van der Waals surface area contributed by atoms with Crippen molar-refractivity contribution in [1.82, 2.24) is 0 Å². The number of unbranched alkanes of at least 4 members (excludes halogenated alkanes) is 42. The Hall–Kier alpha value is -2.89. The van der Waals surface area contributed by atoms with E-state index in [0.29, 0.717) is 19.3 Å². The lowest BCUT2D eigenvalue weighted by Gasteiger charge is -2.18. The first-order valence-corrected chi connectivity index (χ1v) is 34.3. The van der Waals surface area contributed by atoms with Crippen LogP contribution in [-0.4, -0.2) is 37.2 Å². The first-order valence-electron chi connectivity index (χ1n) is 34.3. The number of ether oxygens (including phenoxy) is 3. The minimum absolute atomic E-state index is 0.0775. The Balaban J connectivity index is 4.29. The van der Waals surface area contributed by atoms with E-state index in [1.807, 2.05) is 0 Å². The first-order chi connectivity index (χ1) is 38.5. The maximum Gasteiger partial charge on any atom is 0.306 e. The highest BCUT2D eigenvalue weighted by molar-refractivity contribution is 5.71. The van der Waals surface area contributed by atoms with Crippen LogP contribution >= 0.6 is 0 Å². The number of carbonyl (C=O) groups is 3. The van der Waals surface area contributed by atoms with Gasteiger partial charge in [-0.1, -0.05) is 300 Å². The quantitative estimate of drug-likeness (QED) is 0.0261. The Morgan fingerprint density at radius 3 is 0.756 bits per heavy atom. The number of hydrogen-bond acceptors (Lipinski definition) is 6. The summed E-state index contributed by atoms with van der Waals surface area (Å²) in [6, 6.07) is 0. The Bertz CT molecular complexity index is 1390. The highest BCUT2D eigenvalue weighted by Crippen LogP contribution is 2.17. The van der Waals surface area contributed by atoms with Crippen molar-refractivity contribution >= 4 is 17.9 Å². The molecule has 1 atom stereocenters. The van der Waals surface area contributed by atoms with Crippen LogP contribution in [-0.2, 0) is 28.6 Å². The van der Waals surface area contributed by atoms with Crippen molar-refractivity contribution in [3.8, 4) is 0 Å². The molecule has 0 radical (unpaired) electrons. The van der Waals surface area contributed by atoms with Crippen LogP contribution in [0.25, 0.3) is 0 Å². The van der Waals surface area contributed by atoms with E-state index < -0.39 is 6.10 Å². The lowest BCUT2D eigenvalue weighted by Crippen LogP contribution is -2.30. The van der Waals surface area contributed by atoms with Gasteiger partial charge in [0, 0.05) is 19.3 Å². The lowest BCUT2D eigenvalue weighted by molar-refractivity contribution is -0.167. The fraction of sp³-hybridized carbons (Fsp3) is 0.819. The number of carbonyl (C=O) groups excluding carboxylic acids is 3. The molecule has 0 rings (SSSR count). The largest absolute Gasteiger partial charge is 0.462 e. The van der Waals surface area contributed by atoms with E-state index in [1.165, 1.54) is 238 Å². The fourth-order valence-corrected chi connectivity index (χ4v) is 10.0. The predicted octanol–water partition coefficient (Wildman–Crippen LogP) is 23.5. The summed E-state index contributed by atoms with van der Waals surface area (Å²) in [7, 11) is 0. The van der Waals surface area contributed by atoms with Crippen LogP contribution in [0.3, 0.4) is 0 Å². The molecule has 454 valence electrons. The maximum absolute atomic E-state index is 12.9. The predicted molar refractivity (Wildman–Crippen MR) is 339 cm³/mol. The zero-order chi connectivity index (χ0) is 56.4. The molecule has 0 spiro atoms. The van der Waals surface area contributed by atoms with Gasteiger partial charge in [0.25, 0.3) is 0 Å². The smallest absolute Gasteiger partial charge is 0.306 e. The Morgan fingerprint density at radius 1 is 0.256 bits per heavy atom. The van der Waals surface area contributed by atoms with Gasteiger partial charge in [-0.3, -0.25) is 14.4 Å². The van der Waals surface area contributed by atoms with Gasteiger partial charge in [-0.25, -0.2) is 0 Å².